The molecule has 1 amide bonds. The molecule has 1 fully saturated rings. The van der Waals surface area contributed by atoms with E-state index in [4.69, 9.17) is 5.11 Å². The summed E-state index contributed by atoms with van der Waals surface area (Å²) in [6.45, 7) is 4.46. The molecule has 110 valence electrons. The first-order chi connectivity index (χ1) is 9.06. The third-order valence-electron chi connectivity index (χ3n) is 3.98. The van der Waals surface area contributed by atoms with Crippen LogP contribution in [-0.4, -0.2) is 35.6 Å². The average molecular weight is 270 g/mol. The van der Waals surface area contributed by atoms with Gasteiger partial charge in [0.1, 0.15) is 0 Å². The second kappa shape index (κ2) is 8.15. The highest BCUT2D eigenvalue weighted by Crippen LogP contribution is 2.24. The van der Waals surface area contributed by atoms with E-state index in [9.17, 15) is 9.59 Å². The third-order valence-corrected chi connectivity index (χ3v) is 3.98. The van der Waals surface area contributed by atoms with Crippen LogP contribution in [0.1, 0.15) is 52.4 Å². The second-order valence-corrected chi connectivity index (χ2v) is 5.35. The Morgan fingerprint density at radius 2 is 1.74 bits per heavy atom. The maximum absolute atomic E-state index is 11.7. The summed E-state index contributed by atoms with van der Waals surface area (Å²) in [6.07, 6.45) is 5.00. The lowest BCUT2D eigenvalue weighted by atomic mass is 9.86. The van der Waals surface area contributed by atoms with Crippen molar-refractivity contribution in [3.8, 4) is 0 Å². The minimum atomic E-state index is -0.690. The number of carboxylic acid groups (broad SMARTS) is 1. The smallest absolute Gasteiger partial charge is 0.306 e. The molecule has 1 aliphatic rings. The van der Waals surface area contributed by atoms with E-state index in [0.717, 1.165) is 25.7 Å². The average Bonchev–Trinajstić information content (AvgIpc) is 2.43. The molecule has 1 saturated carbocycles. The largest absolute Gasteiger partial charge is 0.481 e. The van der Waals surface area contributed by atoms with Crippen molar-refractivity contribution >= 4 is 11.9 Å². The summed E-state index contributed by atoms with van der Waals surface area (Å²) >= 11 is 0. The van der Waals surface area contributed by atoms with Crippen molar-refractivity contribution in [2.45, 2.75) is 64.5 Å². The van der Waals surface area contributed by atoms with E-state index in [2.05, 4.69) is 24.5 Å². The lowest BCUT2D eigenvalue weighted by molar-refractivity contribution is -0.143. The van der Waals surface area contributed by atoms with Crippen LogP contribution in [0, 0.1) is 5.92 Å². The normalized spacial score (nSPS) is 23.3. The summed E-state index contributed by atoms with van der Waals surface area (Å²) in [5.74, 6) is -0.851. The van der Waals surface area contributed by atoms with Gasteiger partial charge in [0.25, 0.3) is 0 Å². The first kappa shape index (κ1) is 16.0. The molecular weight excluding hydrogens is 244 g/mol. The van der Waals surface area contributed by atoms with Gasteiger partial charge in [0.15, 0.2) is 0 Å². The predicted molar refractivity (Wildman–Crippen MR) is 73.9 cm³/mol. The topological polar surface area (TPSA) is 78.4 Å². The molecule has 0 heterocycles. The van der Waals surface area contributed by atoms with E-state index in [-0.39, 0.29) is 23.9 Å². The van der Waals surface area contributed by atoms with Gasteiger partial charge in [0, 0.05) is 12.1 Å². The van der Waals surface area contributed by atoms with Crippen LogP contribution in [0.5, 0.6) is 0 Å². The van der Waals surface area contributed by atoms with Gasteiger partial charge in [0.2, 0.25) is 5.91 Å². The van der Waals surface area contributed by atoms with E-state index in [1.165, 1.54) is 0 Å². The van der Waals surface area contributed by atoms with Gasteiger partial charge in [0.05, 0.1) is 12.5 Å². The van der Waals surface area contributed by atoms with E-state index < -0.39 is 5.97 Å². The van der Waals surface area contributed by atoms with Gasteiger partial charge in [-0.15, -0.1) is 0 Å². The van der Waals surface area contributed by atoms with Gasteiger partial charge in [-0.25, -0.2) is 0 Å². The molecule has 1 rings (SSSR count). The lowest BCUT2D eigenvalue weighted by Crippen LogP contribution is -2.44. The summed E-state index contributed by atoms with van der Waals surface area (Å²) in [5, 5.41) is 15.1. The van der Waals surface area contributed by atoms with Crippen molar-refractivity contribution in [2.75, 3.05) is 6.54 Å². The molecule has 0 saturated heterocycles. The predicted octanol–water partition coefficient (Wildman–Crippen LogP) is 1.52. The molecule has 0 bridgehead atoms. The highest BCUT2D eigenvalue weighted by molar-refractivity contribution is 5.78. The fourth-order valence-electron chi connectivity index (χ4n) is 2.55. The summed E-state index contributed by atoms with van der Waals surface area (Å²) in [5.41, 5.74) is 0. The van der Waals surface area contributed by atoms with Gasteiger partial charge in [-0.2, -0.15) is 0 Å². The zero-order valence-electron chi connectivity index (χ0n) is 11.9. The highest BCUT2D eigenvalue weighted by Gasteiger charge is 2.25. The molecule has 0 radical (unpaired) electrons. The molecule has 0 spiro atoms. The number of carbonyl (C=O) groups excluding carboxylic acids is 1. The molecule has 3 N–H and O–H groups in total. The number of rotatable bonds is 7. The molecular formula is C14H26N2O3. The minimum absolute atomic E-state index is 0.0362. The van der Waals surface area contributed by atoms with E-state index in [1.54, 1.807) is 0 Å². The Hall–Kier alpha value is -1.10. The Morgan fingerprint density at radius 1 is 1.16 bits per heavy atom. The molecule has 1 aliphatic carbocycles. The first-order valence-electron chi connectivity index (χ1n) is 7.32. The summed E-state index contributed by atoms with van der Waals surface area (Å²) in [7, 11) is 0. The molecule has 5 nitrogen and oxygen atoms in total. The van der Waals surface area contributed by atoms with Crippen molar-refractivity contribution in [3.05, 3.63) is 0 Å². The third kappa shape index (κ3) is 5.59. The van der Waals surface area contributed by atoms with Crippen LogP contribution < -0.4 is 10.6 Å². The van der Waals surface area contributed by atoms with Crippen LogP contribution in [-0.2, 0) is 9.59 Å². The van der Waals surface area contributed by atoms with Crippen molar-refractivity contribution in [1.29, 1.82) is 0 Å². The van der Waals surface area contributed by atoms with E-state index >= 15 is 0 Å². The van der Waals surface area contributed by atoms with E-state index in [1.807, 2.05) is 0 Å². The van der Waals surface area contributed by atoms with Crippen LogP contribution in [0.2, 0.25) is 0 Å². The van der Waals surface area contributed by atoms with Crippen LogP contribution in [0.3, 0.4) is 0 Å². The van der Waals surface area contributed by atoms with Crippen LogP contribution in [0.4, 0.5) is 0 Å². The van der Waals surface area contributed by atoms with Crippen molar-refractivity contribution < 1.29 is 14.7 Å². The second-order valence-electron chi connectivity index (χ2n) is 5.35. The zero-order chi connectivity index (χ0) is 14.3. The zero-order valence-corrected chi connectivity index (χ0v) is 11.9. The highest BCUT2D eigenvalue weighted by atomic mass is 16.4. The number of nitrogens with one attached hydrogen (secondary N) is 2. The van der Waals surface area contributed by atoms with Gasteiger partial charge in [-0.05, 0) is 38.5 Å². The Bertz CT molecular complexity index is 295. The molecule has 0 aromatic rings. The molecule has 5 heteroatoms. The van der Waals surface area contributed by atoms with Gasteiger partial charge in [-0.1, -0.05) is 13.8 Å². The van der Waals surface area contributed by atoms with Crippen LogP contribution in [0.15, 0.2) is 0 Å². The minimum Gasteiger partial charge on any atom is -0.481 e. The summed E-state index contributed by atoms with van der Waals surface area (Å²) in [4.78, 5) is 22.5. The summed E-state index contributed by atoms with van der Waals surface area (Å²) < 4.78 is 0. The van der Waals surface area contributed by atoms with Crippen LogP contribution >= 0.6 is 0 Å². The number of carbonyl (C=O) groups is 2. The number of amides is 1. The molecule has 19 heavy (non-hydrogen) atoms. The molecule has 0 aromatic carbocycles. The Balaban J connectivity index is 2.20. The van der Waals surface area contributed by atoms with Crippen LogP contribution in [0.25, 0.3) is 0 Å². The standard InChI is InChI=1S/C14H26N2O3/c1-3-11(4-2)16-13(17)9-15-12-7-5-10(6-8-12)14(18)19/h10-12,15H,3-9H2,1-2H3,(H,16,17)(H,18,19). The van der Waals surface area contributed by atoms with E-state index in [0.29, 0.717) is 19.4 Å². The number of hydrogen-bond donors (Lipinski definition) is 3. The quantitative estimate of drug-likeness (QED) is 0.655. The van der Waals surface area contributed by atoms with Crippen molar-refractivity contribution in [3.63, 3.8) is 0 Å². The number of hydrogen-bond acceptors (Lipinski definition) is 3. The van der Waals surface area contributed by atoms with Gasteiger partial charge < -0.3 is 15.7 Å². The Labute approximate surface area is 115 Å². The van der Waals surface area contributed by atoms with Crippen molar-refractivity contribution in [1.82, 2.24) is 10.6 Å². The molecule has 0 unspecified atom stereocenters. The molecule has 0 atom stereocenters. The fraction of sp³-hybridized carbons (Fsp3) is 0.857. The maximum atomic E-state index is 11.7. The number of aliphatic carboxylic acids is 1. The fourth-order valence-corrected chi connectivity index (χ4v) is 2.55. The Morgan fingerprint density at radius 3 is 2.21 bits per heavy atom. The lowest BCUT2D eigenvalue weighted by Gasteiger charge is -2.27. The number of carboxylic acids is 1. The maximum Gasteiger partial charge on any atom is 0.306 e. The molecule has 0 aliphatic heterocycles. The van der Waals surface area contributed by atoms with Crippen molar-refractivity contribution in [2.24, 2.45) is 5.92 Å². The monoisotopic (exact) mass is 270 g/mol. The first-order valence-corrected chi connectivity index (χ1v) is 7.32. The summed E-state index contributed by atoms with van der Waals surface area (Å²) in [6, 6.07) is 0.542. The van der Waals surface area contributed by atoms with Gasteiger partial charge >= 0.3 is 5.97 Å². The molecule has 0 aromatic heterocycles. The SMILES string of the molecule is CCC(CC)NC(=O)CNC1CCC(C(=O)O)CC1. The Kier molecular flexibility index (Phi) is 6.84. The van der Waals surface area contributed by atoms with Gasteiger partial charge in [-0.3, -0.25) is 9.59 Å².